The lowest BCUT2D eigenvalue weighted by molar-refractivity contribution is -0.384. The summed E-state index contributed by atoms with van der Waals surface area (Å²) in [7, 11) is 0. The smallest absolute Gasteiger partial charge is 0.269 e. The Morgan fingerprint density at radius 3 is 2.85 bits per heavy atom. The summed E-state index contributed by atoms with van der Waals surface area (Å²) in [5.41, 5.74) is 6.37. The minimum absolute atomic E-state index is 0.0507. The molecule has 0 radical (unpaired) electrons. The topological polar surface area (TPSA) is 69.2 Å². The van der Waals surface area contributed by atoms with Crippen LogP contribution >= 0.6 is 0 Å². The zero-order valence-electron chi connectivity index (χ0n) is 7.01. The molecule has 1 rings (SSSR count). The number of hydrogen-bond acceptors (Lipinski definition) is 3. The molecule has 0 spiro atoms. The van der Waals surface area contributed by atoms with Gasteiger partial charge in [-0.05, 0) is 5.56 Å². The van der Waals surface area contributed by atoms with Crippen LogP contribution in [0.4, 0.5) is 5.69 Å². The van der Waals surface area contributed by atoms with Crippen molar-refractivity contribution in [2.75, 3.05) is 0 Å². The number of non-ortho nitro benzene ring substituents is 1. The molecule has 0 aromatic heterocycles. The molecule has 0 fully saturated rings. The third-order valence-corrected chi connectivity index (χ3v) is 1.72. The van der Waals surface area contributed by atoms with Crippen LogP contribution in [0.3, 0.4) is 0 Å². The van der Waals surface area contributed by atoms with Gasteiger partial charge in [-0.1, -0.05) is 18.2 Å². The van der Waals surface area contributed by atoms with Gasteiger partial charge < -0.3 is 5.73 Å². The number of nitro benzene ring substituents is 1. The highest BCUT2D eigenvalue weighted by Crippen LogP contribution is 2.17. The lowest BCUT2D eigenvalue weighted by atomic mass is 10.1. The molecule has 1 aromatic carbocycles. The van der Waals surface area contributed by atoms with Crippen LogP contribution in [0, 0.1) is 10.1 Å². The number of nitro groups is 1. The van der Waals surface area contributed by atoms with Crippen molar-refractivity contribution in [3.05, 3.63) is 52.6 Å². The minimum atomic E-state index is -0.445. The van der Waals surface area contributed by atoms with Crippen LogP contribution in [-0.4, -0.2) is 4.92 Å². The molecule has 0 aliphatic carbocycles. The molecule has 4 nitrogen and oxygen atoms in total. The first-order valence-electron chi connectivity index (χ1n) is 3.77. The molecule has 1 aromatic rings. The summed E-state index contributed by atoms with van der Waals surface area (Å²) < 4.78 is 0. The third kappa shape index (κ3) is 2.13. The minimum Gasteiger partial charge on any atom is -0.321 e. The Labute approximate surface area is 75.8 Å². The summed E-state index contributed by atoms with van der Waals surface area (Å²) in [5, 5.41) is 10.4. The lowest BCUT2D eigenvalue weighted by Gasteiger charge is -2.04. The van der Waals surface area contributed by atoms with Crippen molar-refractivity contribution < 1.29 is 4.92 Å². The van der Waals surface area contributed by atoms with Crippen LogP contribution in [0.1, 0.15) is 11.6 Å². The van der Waals surface area contributed by atoms with E-state index < -0.39 is 4.92 Å². The summed E-state index contributed by atoms with van der Waals surface area (Å²) in [6.45, 7) is 3.52. The lowest BCUT2D eigenvalue weighted by Crippen LogP contribution is -2.06. The molecule has 0 saturated carbocycles. The Morgan fingerprint density at radius 1 is 1.62 bits per heavy atom. The molecule has 0 heterocycles. The van der Waals surface area contributed by atoms with Crippen molar-refractivity contribution in [3.63, 3.8) is 0 Å². The van der Waals surface area contributed by atoms with E-state index in [0.29, 0.717) is 5.56 Å². The number of rotatable bonds is 3. The van der Waals surface area contributed by atoms with Gasteiger partial charge in [0.25, 0.3) is 5.69 Å². The molecule has 1 unspecified atom stereocenters. The Morgan fingerprint density at radius 2 is 2.31 bits per heavy atom. The zero-order chi connectivity index (χ0) is 9.84. The summed E-state index contributed by atoms with van der Waals surface area (Å²) in [6.07, 6.45) is 1.54. The van der Waals surface area contributed by atoms with E-state index in [1.807, 2.05) is 0 Å². The Bertz CT molecular complexity index is 336. The first-order chi connectivity index (χ1) is 6.15. The van der Waals surface area contributed by atoms with Crippen LogP contribution in [-0.2, 0) is 0 Å². The standard InChI is InChI=1S/C9H10N2O2/c1-2-9(10)7-4-3-5-8(6-7)11(12)13/h2-6,9H,1,10H2. The van der Waals surface area contributed by atoms with E-state index >= 15 is 0 Å². The van der Waals surface area contributed by atoms with E-state index in [9.17, 15) is 10.1 Å². The number of nitrogens with zero attached hydrogens (tertiary/aromatic N) is 1. The van der Waals surface area contributed by atoms with E-state index in [2.05, 4.69) is 6.58 Å². The Balaban J connectivity index is 3.04. The SMILES string of the molecule is C=CC(N)c1cccc([N+](=O)[O-])c1. The first kappa shape index (κ1) is 9.41. The van der Waals surface area contributed by atoms with Crippen LogP contribution in [0.25, 0.3) is 0 Å². The van der Waals surface area contributed by atoms with Gasteiger partial charge in [0, 0.05) is 18.2 Å². The van der Waals surface area contributed by atoms with Crippen LogP contribution in [0.15, 0.2) is 36.9 Å². The fourth-order valence-electron chi connectivity index (χ4n) is 0.982. The van der Waals surface area contributed by atoms with Crippen molar-refractivity contribution in [3.8, 4) is 0 Å². The molecule has 0 aliphatic heterocycles. The highest BCUT2D eigenvalue weighted by Gasteiger charge is 2.08. The van der Waals surface area contributed by atoms with Gasteiger partial charge in [0.05, 0.1) is 4.92 Å². The van der Waals surface area contributed by atoms with Gasteiger partial charge in [0.15, 0.2) is 0 Å². The fourth-order valence-corrected chi connectivity index (χ4v) is 0.982. The van der Waals surface area contributed by atoms with E-state index in [0.717, 1.165) is 0 Å². The van der Waals surface area contributed by atoms with Gasteiger partial charge in [-0.2, -0.15) is 0 Å². The number of nitrogens with two attached hydrogens (primary N) is 1. The zero-order valence-corrected chi connectivity index (χ0v) is 7.01. The van der Waals surface area contributed by atoms with Gasteiger partial charge in [0.2, 0.25) is 0 Å². The normalized spacial score (nSPS) is 12.1. The summed E-state index contributed by atoms with van der Waals surface area (Å²) in [5.74, 6) is 0. The van der Waals surface area contributed by atoms with Crippen molar-refractivity contribution >= 4 is 5.69 Å². The molecule has 4 heteroatoms. The van der Waals surface area contributed by atoms with E-state index in [-0.39, 0.29) is 11.7 Å². The quantitative estimate of drug-likeness (QED) is 0.435. The summed E-state index contributed by atoms with van der Waals surface area (Å²) in [4.78, 5) is 9.96. The molecule has 0 amide bonds. The molecule has 1 atom stereocenters. The second-order valence-electron chi connectivity index (χ2n) is 2.61. The summed E-state index contributed by atoms with van der Waals surface area (Å²) >= 11 is 0. The van der Waals surface area contributed by atoms with E-state index in [4.69, 9.17) is 5.73 Å². The maximum Gasteiger partial charge on any atom is 0.269 e. The maximum absolute atomic E-state index is 10.4. The third-order valence-electron chi connectivity index (χ3n) is 1.72. The predicted octanol–water partition coefficient (Wildman–Crippen LogP) is 1.78. The Kier molecular flexibility index (Phi) is 2.76. The highest BCUT2D eigenvalue weighted by molar-refractivity contribution is 5.36. The monoisotopic (exact) mass is 178 g/mol. The van der Waals surface area contributed by atoms with Crippen molar-refractivity contribution in [2.24, 2.45) is 5.73 Å². The molecule has 68 valence electrons. The van der Waals surface area contributed by atoms with Gasteiger partial charge in [-0.25, -0.2) is 0 Å². The van der Waals surface area contributed by atoms with Crippen LogP contribution in [0.2, 0.25) is 0 Å². The molecule has 2 N–H and O–H groups in total. The van der Waals surface area contributed by atoms with E-state index in [1.54, 1.807) is 18.2 Å². The van der Waals surface area contributed by atoms with Gasteiger partial charge >= 0.3 is 0 Å². The average molecular weight is 178 g/mol. The van der Waals surface area contributed by atoms with E-state index in [1.165, 1.54) is 12.1 Å². The molecular formula is C9H10N2O2. The number of hydrogen-bond donors (Lipinski definition) is 1. The summed E-state index contributed by atoms with van der Waals surface area (Å²) in [6, 6.07) is 5.88. The predicted molar refractivity (Wildman–Crippen MR) is 50.2 cm³/mol. The maximum atomic E-state index is 10.4. The molecule has 0 aliphatic rings. The van der Waals surface area contributed by atoms with Crippen LogP contribution in [0.5, 0.6) is 0 Å². The Hall–Kier alpha value is -1.68. The number of benzene rings is 1. The molecular weight excluding hydrogens is 168 g/mol. The largest absolute Gasteiger partial charge is 0.321 e. The first-order valence-corrected chi connectivity index (χ1v) is 3.77. The van der Waals surface area contributed by atoms with Crippen LogP contribution < -0.4 is 5.73 Å². The van der Waals surface area contributed by atoms with Crippen molar-refractivity contribution in [1.82, 2.24) is 0 Å². The van der Waals surface area contributed by atoms with Gasteiger partial charge in [0.1, 0.15) is 0 Å². The fraction of sp³-hybridized carbons (Fsp3) is 0.111. The highest BCUT2D eigenvalue weighted by atomic mass is 16.6. The molecule has 0 saturated heterocycles. The van der Waals surface area contributed by atoms with Crippen molar-refractivity contribution in [1.29, 1.82) is 0 Å². The second-order valence-corrected chi connectivity index (χ2v) is 2.61. The van der Waals surface area contributed by atoms with Gasteiger partial charge in [-0.3, -0.25) is 10.1 Å². The molecule has 13 heavy (non-hydrogen) atoms. The molecule has 0 bridgehead atoms. The second kappa shape index (κ2) is 3.82. The van der Waals surface area contributed by atoms with Crippen molar-refractivity contribution in [2.45, 2.75) is 6.04 Å². The average Bonchev–Trinajstić information content (AvgIpc) is 2.17. The van der Waals surface area contributed by atoms with Gasteiger partial charge in [-0.15, -0.1) is 6.58 Å².